The summed E-state index contributed by atoms with van der Waals surface area (Å²) in [5.74, 6) is -6.31. The van der Waals surface area contributed by atoms with Gasteiger partial charge in [-0.15, -0.1) is 0 Å². The van der Waals surface area contributed by atoms with E-state index in [1.165, 1.54) is 6.92 Å². The Morgan fingerprint density at radius 2 is 1.82 bits per heavy atom. The first-order valence-corrected chi connectivity index (χ1v) is 6.05. The lowest BCUT2D eigenvalue weighted by Gasteiger charge is -2.16. The van der Waals surface area contributed by atoms with Gasteiger partial charge in [0.1, 0.15) is 0 Å². The van der Waals surface area contributed by atoms with E-state index in [0.29, 0.717) is 0 Å². The minimum atomic E-state index is -1.86. The lowest BCUT2D eigenvalue weighted by molar-refractivity contribution is -0.135. The van der Waals surface area contributed by atoms with Crippen molar-refractivity contribution in [3.8, 4) is 0 Å². The molecule has 0 radical (unpaired) electrons. The van der Waals surface area contributed by atoms with Crippen LogP contribution < -0.4 is 0 Å². The lowest BCUT2D eigenvalue weighted by atomic mass is 10.0. The topological polar surface area (TPSA) is 77.4 Å². The van der Waals surface area contributed by atoms with Crippen LogP contribution in [0.15, 0.2) is 11.2 Å². The second-order valence-electron chi connectivity index (χ2n) is 3.93. The van der Waals surface area contributed by atoms with Gasteiger partial charge in [0.05, 0.1) is 12.2 Å². The molecule has 0 unspecified atom stereocenters. The van der Waals surface area contributed by atoms with Gasteiger partial charge in [-0.05, 0) is 13.0 Å². The van der Waals surface area contributed by atoms with E-state index < -0.39 is 46.5 Å². The Kier molecular flexibility index (Phi) is 6.32. The minimum Gasteiger partial charge on any atom is -0.461 e. The SMILES string of the molecule is CCOC(=O)C(=NO)c1cc(C(OC)OC)c(F)c(F)c1F. The molecule has 9 heteroatoms. The van der Waals surface area contributed by atoms with Crippen LogP contribution in [0, 0.1) is 17.5 Å². The number of ether oxygens (including phenoxy) is 3. The normalized spacial score (nSPS) is 11.9. The molecule has 1 N–H and O–H groups in total. The van der Waals surface area contributed by atoms with Crippen LogP contribution in [0.5, 0.6) is 0 Å². The summed E-state index contributed by atoms with van der Waals surface area (Å²) in [7, 11) is 2.31. The highest BCUT2D eigenvalue weighted by molar-refractivity contribution is 6.43. The summed E-state index contributed by atoms with van der Waals surface area (Å²) in [5.41, 5.74) is -2.20. The van der Waals surface area contributed by atoms with Crippen LogP contribution in [-0.4, -0.2) is 37.7 Å². The first kappa shape index (κ1) is 17.9. The molecule has 0 amide bonds. The highest BCUT2D eigenvalue weighted by atomic mass is 19.2. The third-order valence-electron chi connectivity index (χ3n) is 2.68. The highest BCUT2D eigenvalue weighted by Crippen LogP contribution is 2.27. The predicted octanol–water partition coefficient (Wildman–Crippen LogP) is 2.14. The van der Waals surface area contributed by atoms with Crippen molar-refractivity contribution >= 4 is 11.7 Å². The molecule has 0 saturated heterocycles. The zero-order valence-corrected chi connectivity index (χ0v) is 12.0. The average Bonchev–Trinajstić information content (AvgIpc) is 2.51. The molecular weight excluding hydrogens is 307 g/mol. The number of benzene rings is 1. The van der Waals surface area contributed by atoms with Crippen LogP contribution >= 0.6 is 0 Å². The van der Waals surface area contributed by atoms with E-state index in [9.17, 15) is 18.0 Å². The van der Waals surface area contributed by atoms with E-state index in [0.717, 1.165) is 20.3 Å². The number of methoxy groups -OCH3 is 2. The van der Waals surface area contributed by atoms with Crippen LogP contribution in [0.2, 0.25) is 0 Å². The summed E-state index contributed by atoms with van der Waals surface area (Å²) in [4.78, 5) is 11.6. The smallest absolute Gasteiger partial charge is 0.361 e. The predicted molar refractivity (Wildman–Crippen MR) is 68.0 cm³/mol. The summed E-state index contributed by atoms with van der Waals surface area (Å²) in [6, 6.07) is 0.747. The first-order chi connectivity index (χ1) is 10.4. The fraction of sp³-hybridized carbons (Fsp3) is 0.385. The van der Waals surface area contributed by atoms with E-state index >= 15 is 0 Å². The molecule has 0 aliphatic rings. The molecule has 0 aliphatic heterocycles. The Hall–Kier alpha value is -2.13. The van der Waals surface area contributed by atoms with Crippen molar-refractivity contribution in [1.82, 2.24) is 0 Å². The molecule has 22 heavy (non-hydrogen) atoms. The van der Waals surface area contributed by atoms with Gasteiger partial charge < -0.3 is 19.4 Å². The van der Waals surface area contributed by atoms with E-state index in [4.69, 9.17) is 14.7 Å². The number of carbonyl (C=O) groups is 1. The lowest BCUT2D eigenvalue weighted by Crippen LogP contribution is -2.22. The fourth-order valence-electron chi connectivity index (χ4n) is 1.72. The van der Waals surface area contributed by atoms with E-state index in [2.05, 4.69) is 9.89 Å². The largest absolute Gasteiger partial charge is 0.461 e. The number of hydrogen-bond donors (Lipinski definition) is 1. The number of nitrogens with zero attached hydrogens (tertiary/aromatic N) is 1. The Morgan fingerprint density at radius 1 is 1.23 bits per heavy atom. The van der Waals surface area contributed by atoms with Crippen LogP contribution in [0.4, 0.5) is 13.2 Å². The van der Waals surface area contributed by atoms with Crippen LogP contribution in [0.3, 0.4) is 0 Å². The molecule has 1 aromatic carbocycles. The maximum atomic E-state index is 13.9. The first-order valence-electron chi connectivity index (χ1n) is 6.05. The van der Waals surface area contributed by atoms with Gasteiger partial charge in [0.2, 0.25) is 0 Å². The molecule has 0 aliphatic carbocycles. The van der Waals surface area contributed by atoms with Gasteiger partial charge >= 0.3 is 5.97 Å². The third kappa shape index (κ3) is 3.37. The monoisotopic (exact) mass is 321 g/mol. The molecule has 0 heterocycles. The summed E-state index contributed by atoms with van der Waals surface area (Å²) in [6.07, 6.45) is -1.35. The number of oxime groups is 1. The number of carbonyl (C=O) groups excluding carboxylic acids is 1. The second kappa shape index (κ2) is 7.76. The fourth-order valence-corrected chi connectivity index (χ4v) is 1.72. The van der Waals surface area contributed by atoms with Crippen molar-refractivity contribution in [2.24, 2.45) is 5.16 Å². The van der Waals surface area contributed by atoms with Crippen molar-refractivity contribution in [2.75, 3.05) is 20.8 Å². The Bertz CT molecular complexity index is 588. The quantitative estimate of drug-likeness (QED) is 0.217. The molecule has 6 nitrogen and oxygen atoms in total. The summed E-state index contributed by atoms with van der Waals surface area (Å²) in [5, 5.41) is 11.4. The van der Waals surface area contributed by atoms with Crippen LogP contribution in [0.25, 0.3) is 0 Å². The van der Waals surface area contributed by atoms with Crippen molar-refractivity contribution < 1.29 is 37.4 Å². The molecule has 0 saturated carbocycles. The molecule has 0 bridgehead atoms. The molecule has 0 aromatic heterocycles. The van der Waals surface area contributed by atoms with Gasteiger partial charge in [-0.3, -0.25) is 0 Å². The molecular formula is C13H14F3NO5. The Morgan fingerprint density at radius 3 is 2.27 bits per heavy atom. The molecule has 1 rings (SSSR count). The maximum Gasteiger partial charge on any atom is 0.361 e. The minimum absolute atomic E-state index is 0.0885. The van der Waals surface area contributed by atoms with Gasteiger partial charge in [0.15, 0.2) is 29.5 Å². The maximum absolute atomic E-state index is 13.9. The van der Waals surface area contributed by atoms with Gasteiger partial charge in [-0.1, -0.05) is 5.16 Å². The second-order valence-corrected chi connectivity index (χ2v) is 3.93. The summed E-state index contributed by atoms with van der Waals surface area (Å²) < 4.78 is 55.4. The van der Waals surface area contributed by atoms with E-state index in [1.807, 2.05) is 0 Å². The van der Waals surface area contributed by atoms with Gasteiger partial charge in [0, 0.05) is 19.8 Å². The zero-order valence-electron chi connectivity index (χ0n) is 12.0. The number of hydrogen-bond acceptors (Lipinski definition) is 6. The molecule has 0 atom stereocenters. The van der Waals surface area contributed by atoms with E-state index in [-0.39, 0.29) is 6.61 Å². The van der Waals surface area contributed by atoms with Crippen molar-refractivity contribution in [2.45, 2.75) is 13.2 Å². The number of halogens is 3. The van der Waals surface area contributed by atoms with Gasteiger partial charge in [0.25, 0.3) is 0 Å². The van der Waals surface area contributed by atoms with E-state index in [1.54, 1.807) is 0 Å². The molecule has 122 valence electrons. The molecule has 0 fully saturated rings. The third-order valence-corrected chi connectivity index (χ3v) is 2.68. The average molecular weight is 321 g/mol. The van der Waals surface area contributed by atoms with Gasteiger partial charge in [-0.2, -0.15) is 0 Å². The molecule has 0 spiro atoms. The zero-order chi connectivity index (χ0) is 16.9. The summed E-state index contributed by atoms with van der Waals surface area (Å²) >= 11 is 0. The molecule has 1 aromatic rings. The van der Waals surface area contributed by atoms with Crippen molar-refractivity contribution in [1.29, 1.82) is 0 Å². The Labute approximate surface area is 124 Å². The standard InChI is InChI=1S/C13H14F3NO5/c1-4-22-12(18)11(17-19)6-5-7(13(20-2)21-3)9(15)10(16)8(6)14/h5,13,19H,4H2,1-3H3. The van der Waals surface area contributed by atoms with Gasteiger partial charge in [-0.25, -0.2) is 18.0 Å². The number of esters is 1. The number of rotatable bonds is 6. The van der Waals surface area contributed by atoms with Crippen LogP contribution in [0.1, 0.15) is 24.3 Å². The highest BCUT2D eigenvalue weighted by Gasteiger charge is 2.29. The summed E-state index contributed by atoms with van der Waals surface area (Å²) in [6.45, 7) is 1.38. The Balaban J connectivity index is 3.51. The van der Waals surface area contributed by atoms with Crippen LogP contribution in [-0.2, 0) is 19.0 Å². The van der Waals surface area contributed by atoms with Crippen molar-refractivity contribution in [3.63, 3.8) is 0 Å². The van der Waals surface area contributed by atoms with Crippen molar-refractivity contribution in [3.05, 3.63) is 34.6 Å².